The average Bonchev–Trinajstić information content (AvgIpc) is 2.13. The lowest BCUT2D eigenvalue weighted by molar-refractivity contribution is -0.0778. The monoisotopic (exact) mass is 178 g/mol. The number of nitrogens with zero attached hydrogens (tertiary/aromatic N) is 1. The summed E-state index contributed by atoms with van der Waals surface area (Å²) in [6.07, 6.45) is 1.79. The minimum atomic E-state index is 0.0253. The zero-order valence-corrected chi connectivity index (χ0v) is 7.79. The Labute approximate surface area is 78.1 Å². The summed E-state index contributed by atoms with van der Waals surface area (Å²) in [5.41, 5.74) is 1.02. The Kier molecular flexibility index (Phi) is 2.29. The van der Waals surface area contributed by atoms with Crippen LogP contribution in [0.2, 0.25) is 0 Å². The van der Waals surface area contributed by atoms with Crippen molar-refractivity contribution >= 4 is 0 Å². The van der Waals surface area contributed by atoms with Crippen molar-refractivity contribution in [3.05, 3.63) is 30.1 Å². The highest BCUT2D eigenvalue weighted by Crippen LogP contribution is 2.16. The van der Waals surface area contributed by atoms with Gasteiger partial charge in [0, 0.05) is 19.3 Å². The summed E-state index contributed by atoms with van der Waals surface area (Å²) in [7, 11) is 0. The van der Waals surface area contributed by atoms with Gasteiger partial charge in [0.2, 0.25) is 0 Å². The van der Waals surface area contributed by atoms with Gasteiger partial charge in [-0.2, -0.15) is 0 Å². The van der Waals surface area contributed by atoms with Gasteiger partial charge < -0.3 is 10.1 Å². The summed E-state index contributed by atoms with van der Waals surface area (Å²) in [4.78, 5) is 4.19. The Morgan fingerprint density at radius 3 is 2.92 bits per heavy atom. The molecule has 3 nitrogen and oxygen atoms in total. The van der Waals surface area contributed by atoms with Gasteiger partial charge in [-0.05, 0) is 19.1 Å². The van der Waals surface area contributed by atoms with E-state index in [4.69, 9.17) is 4.74 Å². The van der Waals surface area contributed by atoms with Crippen molar-refractivity contribution in [1.82, 2.24) is 10.3 Å². The molecule has 1 aliphatic heterocycles. The minimum Gasteiger partial charge on any atom is -0.366 e. The molecule has 0 radical (unpaired) electrons. The van der Waals surface area contributed by atoms with E-state index in [-0.39, 0.29) is 5.60 Å². The summed E-state index contributed by atoms with van der Waals surface area (Å²) >= 11 is 0. The van der Waals surface area contributed by atoms with Gasteiger partial charge in [-0.25, -0.2) is 0 Å². The second-order valence-corrected chi connectivity index (χ2v) is 3.66. The smallest absolute Gasteiger partial charge is 0.0907 e. The molecular formula is C10H14N2O. The number of hydrogen-bond donors (Lipinski definition) is 1. The van der Waals surface area contributed by atoms with Gasteiger partial charge >= 0.3 is 0 Å². The largest absolute Gasteiger partial charge is 0.366 e. The SMILES string of the molecule is CC1(OCc2ccccn2)CNC1. The van der Waals surface area contributed by atoms with Gasteiger partial charge in [-0.1, -0.05) is 6.07 Å². The lowest BCUT2D eigenvalue weighted by Crippen LogP contribution is -2.58. The molecule has 2 rings (SSSR count). The topological polar surface area (TPSA) is 34.1 Å². The normalized spacial score (nSPS) is 19.5. The van der Waals surface area contributed by atoms with Crippen molar-refractivity contribution in [3.63, 3.8) is 0 Å². The molecule has 1 aliphatic rings. The maximum atomic E-state index is 5.73. The van der Waals surface area contributed by atoms with Crippen LogP contribution in [0.25, 0.3) is 0 Å². The second kappa shape index (κ2) is 3.44. The second-order valence-electron chi connectivity index (χ2n) is 3.66. The van der Waals surface area contributed by atoms with Crippen molar-refractivity contribution in [2.24, 2.45) is 0 Å². The van der Waals surface area contributed by atoms with E-state index in [1.54, 1.807) is 6.20 Å². The van der Waals surface area contributed by atoms with Crippen molar-refractivity contribution in [2.45, 2.75) is 19.1 Å². The maximum absolute atomic E-state index is 5.73. The van der Waals surface area contributed by atoms with Crippen LogP contribution >= 0.6 is 0 Å². The highest BCUT2D eigenvalue weighted by molar-refractivity contribution is 5.02. The molecule has 0 bridgehead atoms. The van der Waals surface area contributed by atoms with Crippen LogP contribution in [0.1, 0.15) is 12.6 Å². The first-order valence-electron chi connectivity index (χ1n) is 4.53. The molecule has 1 aromatic heterocycles. The van der Waals surface area contributed by atoms with Crippen LogP contribution in [0.15, 0.2) is 24.4 Å². The van der Waals surface area contributed by atoms with Crippen LogP contribution in [-0.4, -0.2) is 23.7 Å². The van der Waals surface area contributed by atoms with Crippen LogP contribution < -0.4 is 5.32 Å². The van der Waals surface area contributed by atoms with E-state index in [0.29, 0.717) is 6.61 Å². The number of hydrogen-bond acceptors (Lipinski definition) is 3. The van der Waals surface area contributed by atoms with Gasteiger partial charge in [0.1, 0.15) is 0 Å². The third-order valence-electron chi connectivity index (χ3n) is 2.29. The molecule has 1 aromatic rings. The average molecular weight is 178 g/mol. The number of pyridine rings is 1. The van der Waals surface area contributed by atoms with Gasteiger partial charge in [0.15, 0.2) is 0 Å². The summed E-state index contributed by atoms with van der Waals surface area (Å²) < 4.78 is 5.73. The molecule has 1 N–H and O–H groups in total. The molecule has 13 heavy (non-hydrogen) atoms. The molecule has 0 saturated carbocycles. The Balaban J connectivity index is 1.86. The molecule has 0 aromatic carbocycles. The first-order valence-corrected chi connectivity index (χ1v) is 4.53. The Morgan fingerprint density at radius 1 is 1.54 bits per heavy atom. The molecule has 0 unspecified atom stereocenters. The Morgan fingerprint density at radius 2 is 2.38 bits per heavy atom. The third-order valence-corrected chi connectivity index (χ3v) is 2.29. The predicted octanol–water partition coefficient (Wildman–Crippen LogP) is 0.960. The van der Waals surface area contributed by atoms with Crippen LogP contribution in [0.5, 0.6) is 0 Å². The van der Waals surface area contributed by atoms with Crippen molar-refractivity contribution in [1.29, 1.82) is 0 Å². The molecule has 0 aliphatic carbocycles. The fourth-order valence-electron chi connectivity index (χ4n) is 1.31. The molecule has 0 atom stereocenters. The van der Waals surface area contributed by atoms with Crippen LogP contribution in [0, 0.1) is 0 Å². The molecule has 1 fully saturated rings. The molecule has 0 amide bonds. The highest BCUT2D eigenvalue weighted by atomic mass is 16.5. The standard InChI is InChI=1S/C10H14N2O/c1-10(7-11-8-10)13-6-9-4-2-3-5-12-9/h2-5,11H,6-8H2,1H3. The fourth-order valence-corrected chi connectivity index (χ4v) is 1.31. The summed E-state index contributed by atoms with van der Waals surface area (Å²) in [6, 6.07) is 5.87. The summed E-state index contributed by atoms with van der Waals surface area (Å²) in [6.45, 7) is 4.62. The van der Waals surface area contributed by atoms with Crippen LogP contribution in [0.4, 0.5) is 0 Å². The quantitative estimate of drug-likeness (QED) is 0.748. The van der Waals surface area contributed by atoms with E-state index in [0.717, 1.165) is 18.8 Å². The number of rotatable bonds is 3. The number of ether oxygens (including phenoxy) is 1. The van der Waals surface area contributed by atoms with Gasteiger partial charge in [0.25, 0.3) is 0 Å². The Hall–Kier alpha value is -0.930. The predicted molar refractivity (Wildman–Crippen MR) is 50.3 cm³/mol. The third kappa shape index (κ3) is 2.05. The lowest BCUT2D eigenvalue weighted by Gasteiger charge is -2.38. The highest BCUT2D eigenvalue weighted by Gasteiger charge is 2.32. The molecule has 2 heterocycles. The zero-order chi connectivity index (χ0) is 9.15. The molecular weight excluding hydrogens is 164 g/mol. The first kappa shape index (κ1) is 8.66. The first-order chi connectivity index (χ1) is 6.29. The molecule has 3 heteroatoms. The molecule has 0 spiro atoms. The van der Waals surface area contributed by atoms with Crippen molar-refractivity contribution < 1.29 is 4.74 Å². The summed E-state index contributed by atoms with van der Waals surface area (Å²) in [5, 5.41) is 3.19. The van der Waals surface area contributed by atoms with Crippen LogP contribution in [-0.2, 0) is 11.3 Å². The number of nitrogens with one attached hydrogen (secondary N) is 1. The molecule has 70 valence electrons. The van der Waals surface area contributed by atoms with Crippen molar-refractivity contribution in [2.75, 3.05) is 13.1 Å². The maximum Gasteiger partial charge on any atom is 0.0907 e. The van der Waals surface area contributed by atoms with E-state index in [1.807, 2.05) is 18.2 Å². The van der Waals surface area contributed by atoms with E-state index in [1.165, 1.54) is 0 Å². The van der Waals surface area contributed by atoms with Gasteiger partial charge in [-0.15, -0.1) is 0 Å². The zero-order valence-electron chi connectivity index (χ0n) is 7.79. The minimum absolute atomic E-state index is 0.0253. The van der Waals surface area contributed by atoms with E-state index in [2.05, 4.69) is 17.2 Å². The van der Waals surface area contributed by atoms with E-state index in [9.17, 15) is 0 Å². The number of aromatic nitrogens is 1. The molecule has 1 saturated heterocycles. The van der Waals surface area contributed by atoms with Gasteiger partial charge in [-0.3, -0.25) is 4.98 Å². The van der Waals surface area contributed by atoms with Crippen molar-refractivity contribution in [3.8, 4) is 0 Å². The fraction of sp³-hybridized carbons (Fsp3) is 0.500. The van der Waals surface area contributed by atoms with E-state index >= 15 is 0 Å². The van der Waals surface area contributed by atoms with Crippen LogP contribution in [0.3, 0.4) is 0 Å². The lowest BCUT2D eigenvalue weighted by atomic mass is 10.0. The summed E-state index contributed by atoms with van der Waals surface area (Å²) in [5.74, 6) is 0. The van der Waals surface area contributed by atoms with E-state index < -0.39 is 0 Å². The Bertz CT molecular complexity index is 270. The van der Waals surface area contributed by atoms with Gasteiger partial charge in [0.05, 0.1) is 17.9 Å².